The maximum atomic E-state index is 12.7. The molecule has 0 bridgehead atoms. The number of ether oxygens (including phenoxy) is 1. The van der Waals surface area contributed by atoms with E-state index in [2.05, 4.69) is 18.3 Å². The number of rotatable bonds is 4. The molecule has 0 radical (unpaired) electrons. The molecule has 0 aliphatic carbocycles. The fourth-order valence-corrected chi connectivity index (χ4v) is 2.97. The van der Waals surface area contributed by atoms with Gasteiger partial charge in [0.25, 0.3) is 5.91 Å². The minimum atomic E-state index is -0.313. The number of hydrogen-bond acceptors (Lipinski definition) is 3. The molecule has 1 heterocycles. The molecular weight excluding hydrogens is 338 g/mol. The van der Waals surface area contributed by atoms with E-state index in [1.54, 1.807) is 12.1 Å². The third-order valence-corrected chi connectivity index (χ3v) is 4.75. The second-order valence-corrected chi connectivity index (χ2v) is 6.40. The van der Waals surface area contributed by atoms with Gasteiger partial charge < -0.3 is 14.5 Å². The van der Waals surface area contributed by atoms with Crippen molar-refractivity contribution in [3.63, 3.8) is 0 Å². The summed E-state index contributed by atoms with van der Waals surface area (Å²) < 4.78 is 11.1. The van der Waals surface area contributed by atoms with Gasteiger partial charge in [-0.2, -0.15) is 0 Å². The van der Waals surface area contributed by atoms with Gasteiger partial charge in [0.2, 0.25) is 0 Å². The van der Waals surface area contributed by atoms with Crippen LogP contribution in [0.4, 0.5) is 5.69 Å². The van der Waals surface area contributed by atoms with Gasteiger partial charge in [-0.15, -0.1) is 0 Å². The Hall–Kier alpha value is -2.46. The van der Waals surface area contributed by atoms with E-state index in [0.29, 0.717) is 27.8 Å². The summed E-state index contributed by atoms with van der Waals surface area (Å²) in [6, 6.07) is 9.46. The zero-order chi connectivity index (χ0) is 18.1. The van der Waals surface area contributed by atoms with E-state index in [0.717, 1.165) is 22.9 Å². The maximum absolute atomic E-state index is 12.7. The zero-order valence-corrected chi connectivity index (χ0v) is 15.5. The lowest BCUT2D eigenvalue weighted by Crippen LogP contribution is -2.13. The molecule has 0 saturated carbocycles. The second-order valence-electron chi connectivity index (χ2n) is 6.00. The van der Waals surface area contributed by atoms with Gasteiger partial charge in [0.1, 0.15) is 11.3 Å². The Labute approximate surface area is 151 Å². The van der Waals surface area contributed by atoms with Gasteiger partial charge in [-0.1, -0.05) is 24.6 Å². The molecule has 3 rings (SSSR count). The average molecular weight is 358 g/mol. The number of amides is 1. The number of carbonyl (C=O) groups excluding carboxylic acids is 1. The Morgan fingerprint density at radius 3 is 2.68 bits per heavy atom. The lowest BCUT2D eigenvalue weighted by molar-refractivity contribution is 0.0997. The molecule has 0 aliphatic heterocycles. The highest BCUT2D eigenvalue weighted by Crippen LogP contribution is 2.32. The first-order valence-corrected chi connectivity index (χ1v) is 8.50. The van der Waals surface area contributed by atoms with Crippen molar-refractivity contribution in [1.29, 1.82) is 0 Å². The van der Waals surface area contributed by atoms with E-state index in [1.807, 2.05) is 26.0 Å². The first-order valence-electron chi connectivity index (χ1n) is 8.12. The maximum Gasteiger partial charge on any atom is 0.291 e. The van der Waals surface area contributed by atoms with Crippen molar-refractivity contribution in [3.8, 4) is 5.75 Å². The summed E-state index contributed by atoms with van der Waals surface area (Å²) in [7, 11) is 1.54. The van der Waals surface area contributed by atoms with Crippen LogP contribution >= 0.6 is 11.6 Å². The summed E-state index contributed by atoms with van der Waals surface area (Å²) in [5.74, 6) is 0.496. The molecule has 3 aromatic rings. The number of aryl methyl sites for hydroxylation is 3. The van der Waals surface area contributed by atoms with Crippen LogP contribution < -0.4 is 10.1 Å². The molecule has 0 unspecified atom stereocenters. The number of furan rings is 1. The fraction of sp³-hybridized carbons (Fsp3) is 0.250. The minimum Gasteiger partial charge on any atom is -0.495 e. The summed E-state index contributed by atoms with van der Waals surface area (Å²) in [6.45, 7) is 5.86. The number of nitrogens with one attached hydrogen (secondary N) is 1. The quantitative estimate of drug-likeness (QED) is 0.668. The number of hydrogen-bond donors (Lipinski definition) is 1. The van der Waals surface area contributed by atoms with Gasteiger partial charge in [-0.05, 0) is 49.6 Å². The van der Waals surface area contributed by atoms with E-state index < -0.39 is 0 Å². The van der Waals surface area contributed by atoms with Crippen LogP contribution in [0.1, 0.15) is 34.2 Å². The highest BCUT2D eigenvalue weighted by molar-refractivity contribution is 6.31. The molecule has 0 atom stereocenters. The van der Waals surface area contributed by atoms with Crippen molar-refractivity contribution in [3.05, 3.63) is 57.8 Å². The molecular formula is C20H20ClNO3. The van der Waals surface area contributed by atoms with Crippen LogP contribution in [0.15, 0.2) is 34.7 Å². The number of anilines is 1. The molecule has 1 amide bonds. The Kier molecular flexibility index (Phi) is 4.73. The van der Waals surface area contributed by atoms with E-state index in [4.69, 9.17) is 20.8 Å². The summed E-state index contributed by atoms with van der Waals surface area (Å²) in [6.07, 6.45) is 0.934. The molecule has 1 aromatic heterocycles. The minimum absolute atomic E-state index is 0.304. The number of benzene rings is 2. The zero-order valence-electron chi connectivity index (χ0n) is 14.7. The van der Waals surface area contributed by atoms with Gasteiger partial charge in [-0.3, -0.25) is 4.79 Å². The molecule has 0 saturated heterocycles. The van der Waals surface area contributed by atoms with Gasteiger partial charge >= 0.3 is 0 Å². The monoisotopic (exact) mass is 357 g/mol. The Morgan fingerprint density at radius 1 is 1.24 bits per heavy atom. The van der Waals surface area contributed by atoms with Crippen LogP contribution in [0.2, 0.25) is 5.02 Å². The number of methoxy groups -OCH3 is 1. The predicted molar refractivity (Wildman–Crippen MR) is 101 cm³/mol. The molecule has 1 N–H and O–H groups in total. The van der Waals surface area contributed by atoms with Crippen LogP contribution in [-0.2, 0) is 6.42 Å². The van der Waals surface area contributed by atoms with Crippen LogP contribution in [0.25, 0.3) is 11.0 Å². The van der Waals surface area contributed by atoms with Gasteiger partial charge in [-0.25, -0.2) is 0 Å². The normalized spacial score (nSPS) is 10.9. The summed E-state index contributed by atoms with van der Waals surface area (Å²) in [4.78, 5) is 12.7. The van der Waals surface area contributed by atoms with Crippen molar-refractivity contribution in [2.75, 3.05) is 12.4 Å². The Morgan fingerprint density at radius 2 is 2.00 bits per heavy atom. The number of carbonyl (C=O) groups is 1. The third kappa shape index (κ3) is 3.22. The fourth-order valence-electron chi connectivity index (χ4n) is 2.81. The SMILES string of the molecule is CCc1ccc2oc(C(=O)Nc3cc(C)c(Cl)cc3OC)c(C)c2c1. The molecule has 5 heteroatoms. The largest absolute Gasteiger partial charge is 0.495 e. The van der Waals surface area contributed by atoms with Crippen molar-refractivity contribution < 1.29 is 13.9 Å². The lowest BCUT2D eigenvalue weighted by Gasteiger charge is -2.11. The summed E-state index contributed by atoms with van der Waals surface area (Å²) in [5, 5.41) is 4.41. The second kappa shape index (κ2) is 6.81. The van der Waals surface area contributed by atoms with Crippen molar-refractivity contribution in [2.45, 2.75) is 27.2 Å². The van der Waals surface area contributed by atoms with E-state index in [1.165, 1.54) is 12.7 Å². The topological polar surface area (TPSA) is 51.5 Å². The smallest absolute Gasteiger partial charge is 0.291 e. The van der Waals surface area contributed by atoms with Gasteiger partial charge in [0.05, 0.1) is 12.8 Å². The third-order valence-electron chi connectivity index (χ3n) is 4.34. The van der Waals surface area contributed by atoms with Crippen molar-refractivity contribution >= 4 is 34.2 Å². The Balaban J connectivity index is 1.98. The molecule has 4 nitrogen and oxygen atoms in total. The summed E-state index contributed by atoms with van der Waals surface area (Å²) >= 11 is 6.11. The van der Waals surface area contributed by atoms with E-state index >= 15 is 0 Å². The molecule has 0 spiro atoms. The van der Waals surface area contributed by atoms with Crippen LogP contribution in [-0.4, -0.2) is 13.0 Å². The van der Waals surface area contributed by atoms with Crippen molar-refractivity contribution in [2.24, 2.45) is 0 Å². The van der Waals surface area contributed by atoms with E-state index in [9.17, 15) is 4.79 Å². The highest BCUT2D eigenvalue weighted by atomic mass is 35.5. The number of halogens is 1. The average Bonchev–Trinajstić information content (AvgIpc) is 2.94. The lowest BCUT2D eigenvalue weighted by atomic mass is 10.1. The molecule has 2 aromatic carbocycles. The van der Waals surface area contributed by atoms with Gasteiger partial charge in [0, 0.05) is 22.0 Å². The molecule has 130 valence electrons. The molecule has 25 heavy (non-hydrogen) atoms. The highest BCUT2D eigenvalue weighted by Gasteiger charge is 2.19. The Bertz CT molecular complexity index is 959. The molecule has 0 fully saturated rings. The number of fused-ring (bicyclic) bond motifs is 1. The van der Waals surface area contributed by atoms with Crippen molar-refractivity contribution in [1.82, 2.24) is 0 Å². The van der Waals surface area contributed by atoms with E-state index in [-0.39, 0.29) is 5.91 Å². The van der Waals surface area contributed by atoms with Crippen LogP contribution in [0.3, 0.4) is 0 Å². The first kappa shape index (κ1) is 17.4. The van der Waals surface area contributed by atoms with Gasteiger partial charge in [0.15, 0.2) is 5.76 Å². The summed E-state index contributed by atoms with van der Waals surface area (Å²) in [5.41, 5.74) is 4.15. The standard InChI is InChI=1S/C20H20ClNO3/c1-5-13-6-7-17-14(9-13)12(3)19(25-17)20(23)22-16-8-11(2)15(21)10-18(16)24-4/h6-10H,5H2,1-4H3,(H,22,23). The predicted octanol–water partition coefficient (Wildman–Crippen LogP) is 5.53. The first-order chi connectivity index (χ1) is 11.9. The molecule has 0 aliphatic rings. The van der Waals surface area contributed by atoms with Crippen LogP contribution in [0, 0.1) is 13.8 Å². The van der Waals surface area contributed by atoms with Crippen LogP contribution in [0.5, 0.6) is 5.75 Å².